The largest absolute Gasteiger partial charge is 0.497 e. The number of ether oxygens (including phenoxy) is 2. The second-order valence-corrected chi connectivity index (χ2v) is 5.86. The minimum atomic E-state index is -0.0905. The van der Waals surface area contributed by atoms with Gasteiger partial charge in [0.25, 0.3) is 0 Å². The Bertz CT molecular complexity index is 850. The smallest absolute Gasteiger partial charge is 0.149 e. The van der Waals surface area contributed by atoms with Gasteiger partial charge in [-0.1, -0.05) is 48.0 Å². The molecule has 0 radical (unpaired) electrons. The highest BCUT2D eigenvalue weighted by Gasteiger charge is 2.26. The van der Waals surface area contributed by atoms with Crippen molar-refractivity contribution in [2.75, 3.05) is 7.11 Å². The zero-order valence-electron chi connectivity index (χ0n) is 13.2. The lowest BCUT2D eigenvalue weighted by molar-refractivity contribution is 0.243. The van der Waals surface area contributed by atoms with Gasteiger partial charge in [-0.3, -0.25) is 0 Å². The van der Waals surface area contributed by atoms with Gasteiger partial charge in [-0.05, 0) is 42.3 Å². The van der Waals surface area contributed by atoms with Crippen molar-refractivity contribution in [2.45, 2.75) is 13.0 Å². The molecule has 0 N–H and O–H groups in total. The van der Waals surface area contributed by atoms with Crippen LogP contribution in [0.2, 0.25) is 0 Å². The van der Waals surface area contributed by atoms with E-state index in [9.17, 15) is 0 Å². The predicted molar refractivity (Wildman–Crippen MR) is 92.1 cm³/mol. The van der Waals surface area contributed by atoms with Crippen molar-refractivity contribution in [1.29, 1.82) is 0 Å². The molecular formula is C21H18O2. The van der Waals surface area contributed by atoms with Gasteiger partial charge < -0.3 is 9.47 Å². The van der Waals surface area contributed by atoms with Gasteiger partial charge in [-0.2, -0.15) is 0 Å². The molecule has 4 rings (SSSR count). The number of aryl methyl sites for hydroxylation is 1. The third kappa shape index (κ3) is 2.36. The fourth-order valence-corrected chi connectivity index (χ4v) is 3.14. The Kier molecular flexibility index (Phi) is 3.30. The van der Waals surface area contributed by atoms with Crippen LogP contribution in [0.25, 0.3) is 11.1 Å². The molecule has 0 aromatic heterocycles. The van der Waals surface area contributed by atoms with E-state index in [1.165, 1.54) is 22.3 Å². The highest BCUT2D eigenvalue weighted by atomic mass is 16.5. The fraction of sp³-hybridized carbons (Fsp3) is 0.143. The van der Waals surface area contributed by atoms with Crippen LogP contribution in [0.3, 0.4) is 0 Å². The maximum atomic E-state index is 6.33. The van der Waals surface area contributed by atoms with Crippen LogP contribution in [-0.4, -0.2) is 7.11 Å². The first-order chi connectivity index (χ1) is 11.3. The molecule has 23 heavy (non-hydrogen) atoms. The molecule has 1 unspecified atom stereocenters. The first-order valence-corrected chi connectivity index (χ1v) is 7.77. The monoisotopic (exact) mass is 302 g/mol. The van der Waals surface area contributed by atoms with Gasteiger partial charge in [0.15, 0.2) is 0 Å². The maximum absolute atomic E-state index is 6.33. The van der Waals surface area contributed by atoms with Crippen molar-refractivity contribution in [3.05, 3.63) is 83.4 Å². The molecule has 2 nitrogen and oxygen atoms in total. The number of benzene rings is 3. The Labute approximate surface area is 136 Å². The molecule has 0 aliphatic carbocycles. The van der Waals surface area contributed by atoms with Crippen molar-refractivity contribution < 1.29 is 9.47 Å². The van der Waals surface area contributed by atoms with E-state index in [2.05, 4.69) is 61.5 Å². The summed E-state index contributed by atoms with van der Waals surface area (Å²) >= 11 is 0. The molecule has 0 bridgehead atoms. The molecule has 2 heteroatoms. The van der Waals surface area contributed by atoms with E-state index in [0.717, 1.165) is 17.1 Å². The third-order valence-corrected chi connectivity index (χ3v) is 4.33. The van der Waals surface area contributed by atoms with Gasteiger partial charge in [0, 0.05) is 11.1 Å². The number of hydrogen-bond acceptors (Lipinski definition) is 2. The Balaban J connectivity index is 1.85. The Morgan fingerprint density at radius 1 is 0.870 bits per heavy atom. The molecule has 1 atom stereocenters. The predicted octanol–water partition coefficient (Wildman–Crippen LogP) is 5.15. The lowest BCUT2D eigenvalue weighted by Crippen LogP contribution is -2.15. The van der Waals surface area contributed by atoms with Gasteiger partial charge in [0.2, 0.25) is 0 Å². The molecule has 0 saturated carbocycles. The van der Waals surface area contributed by atoms with Crippen molar-refractivity contribution in [3.8, 4) is 22.6 Å². The summed E-state index contributed by atoms with van der Waals surface area (Å²) < 4.78 is 11.6. The Morgan fingerprint density at radius 3 is 2.43 bits per heavy atom. The molecule has 0 saturated heterocycles. The topological polar surface area (TPSA) is 18.5 Å². The normalized spacial score (nSPS) is 15.3. The SMILES string of the molecule is COc1ccc(C2Oc3ccc(C)cc3-c3ccccc32)cc1. The second kappa shape index (κ2) is 5.47. The number of rotatable bonds is 2. The lowest BCUT2D eigenvalue weighted by atomic mass is 9.89. The van der Waals surface area contributed by atoms with E-state index in [1.54, 1.807) is 7.11 Å². The average molecular weight is 302 g/mol. The number of methoxy groups -OCH3 is 1. The van der Waals surface area contributed by atoms with E-state index in [1.807, 2.05) is 12.1 Å². The van der Waals surface area contributed by atoms with Crippen molar-refractivity contribution in [2.24, 2.45) is 0 Å². The summed E-state index contributed by atoms with van der Waals surface area (Å²) in [6.45, 7) is 2.11. The highest BCUT2D eigenvalue weighted by Crippen LogP contribution is 2.44. The molecule has 114 valence electrons. The summed E-state index contributed by atoms with van der Waals surface area (Å²) in [6, 6.07) is 22.9. The van der Waals surface area contributed by atoms with Crippen LogP contribution in [0, 0.1) is 6.92 Å². The Morgan fingerprint density at radius 2 is 1.65 bits per heavy atom. The minimum absolute atomic E-state index is 0.0905. The quantitative estimate of drug-likeness (QED) is 0.651. The van der Waals surface area contributed by atoms with Crippen LogP contribution in [0.4, 0.5) is 0 Å². The lowest BCUT2D eigenvalue weighted by Gasteiger charge is -2.29. The van der Waals surface area contributed by atoms with Crippen molar-refractivity contribution in [3.63, 3.8) is 0 Å². The van der Waals surface area contributed by atoms with E-state index >= 15 is 0 Å². The summed E-state index contributed by atoms with van der Waals surface area (Å²) in [7, 11) is 1.68. The summed E-state index contributed by atoms with van der Waals surface area (Å²) in [6.07, 6.45) is -0.0905. The van der Waals surface area contributed by atoms with Crippen LogP contribution in [0.5, 0.6) is 11.5 Å². The van der Waals surface area contributed by atoms with Crippen LogP contribution in [0.15, 0.2) is 66.7 Å². The molecule has 3 aromatic rings. The van der Waals surface area contributed by atoms with E-state index in [-0.39, 0.29) is 6.10 Å². The van der Waals surface area contributed by atoms with Crippen molar-refractivity contribution in [1.82, 2.24) is 0 Å². The number of fused-ring (bicyclic) bond motifs is 3. The average Bonchev–Trinajstić information content (AvgIpc) is 2.61. The summed E-state index contributed by atoms with van der Waals surface area (Å²) in [5.74, 6) is 1.80. The highest BCUT2D eigenvalue weighted by molar-refractivity contribution is 5.77. The molecular weight excluding hydrogens is 284 g/mol. The van der Waals surface area contributed by atoms with Gasteiger partial charge in [0.05, 0.1) is 7.11 Å². The van der Waals surface area contributed by atoms with Crippen LogP contribution >= 0.6 is 0 Å². The van der Waals surface area contributed by atoms with Gasteiger partial charge >= 0.3 is 0 Å². The molecule has 1 aliphatic rings. The minimum Gasteiger partial charge on any atom is -0.497 e. The summed E-state index contributed by atoms with van der Waals surface area (Å²) in [5, 5.41) is 0. The fourth-order valence-electron chi connectivity index (χ4n) is 3.14. The first-order valence-electron chi connectivity index (χ1n) is 7.77. The van der Waals surface area contributed by atoms with E-state index in [4.69, 9.17) is 9.47 Å². The molecule has 3 aromatic carbocycles. The van der Waals surface area contributed by atoms with Crippen LogP contribution in [-0.2, 0) is 0 Å². The first kappa shape index (κ1) is 13.9. The number of hydrogen-bond donors (Lipinski definition) is 0. The second-order valence-electron chi connectivity index (χ2n) is 5.86. The van der Waals surface area contributed by atoms with Crippen LogP contribution in [0.1, 0.15) is 22.8 Å². The third-order valence-electron chi connectivity index (χ3n) is 4.33. The van der Waals surface area contributed by atoms with Crippen molar-refractivity contribution >= 4 is 0 Å². The molecule has 1 heterocycles. The van der Waals surface area contributed by atoms with Gasteiger partial charge in [0.1, 0.15) is 17.6 Å². The van der Waals surface area contributed by atoms with E-state index < -0.39 is 0 Å². The molecule has 1 aliphatic heterocycles. The zero-order valence-corrected chi connectivity index (χ0v) is 13.2. The summed E-state index contributed by atoms with van der Waals surface area (Å²) in [4.78, 5) is 0. The Hall–Kier alpha value is -2.74. The van der Waals surface area contributed by atoms with E-state index in [0.29, 0.717) is 0 Å². The standard InChI is InChI=1S/C21H18O2/c1-14-7-12-20-19(13-14)17-5-3-4-6-18(17)21(23-20)15-8-10-16(22-2)11-9-15/h3-13,21H,1-2H3. The molecule has 0 fully saturated rings. The maximum Gasteiger partial charge on any atom is 0.149 e. The summed E-state index contributed by atoms with van der Waals surface area (Å²) in [5.41, 5.74) is 5.99. The molecule has 0 spiro atoms. The molecule has 0 amide bonds. The van der Waals surface area contributed by atoms with Gasteiger partial charge in [-0.15, -0.1) is 0 Å². The van der Waals surface area contributed by atoms with Crippen LogP contribution < -0.4 is 9.47 Å². The zero-order chi connectivity index (χ0) is 15.8. The van der Waals surface area contributed by atoms with Gasteiger partial charge in [-0.25, -0.2) is 0 Å².